The number of hydrogen-bond donors (Lipinski definition) is 2. The zero-order chi connectivity index (χ0) is 11.7. The van der Waals surface area contributed by atoms with E-state index in [1.165, 1.54) is 0 Å². The zero-order valence-corrected chi connectivity index (χ0v) is 14.3. The van der Waals surface area contributed by atoms with Crippen molar-refractivity contribution in [1.82, 2.24) is 0 Å². The van der Waals surface area contributed by atoms with Crippen molar-refractivity contribution < 1.29 is 72.6 Å². The Kier molecular flexibility index (Phi) is 15.2. The number of carbonyl (C=O) groups is 2. The minimum atomic E-state index is -0.819. The summed E-state index contributed by atoms with van der Waals surface area (Å²) >= 11 is 3.07. The van der Waals surface area contributed by atoms with Crippen LogP contribution in [0.2, 0.25) is 0 Å². The Morgan fingerprint density at radius 2 is 1.56 bits per heavy atom. The van der Waals surface area contributed by atoms with Crippen LogP contribution < -0.4 is 51.4 Å². The normalized spacial score (nSPS) is 11.6. The van der Waals surface area contributed by atoms with Crippen LogP contribution in [0.5, 0.6) is 0 Å². The SMILES string of the molecule is O=C(O)CCCCCCCC(Br)C(=O)O.[H-].[K+]. The van der Waals surface area contributed by atoms with Gasteiger partial charge in [-0.2, -0.15) is 0 Å². The number of carboxylic acid groups (broad SMARTS) is 2. The monoisotopic (exact) mass is 320 g/mol. The Balaban J connectivity index is -0.000000980. The van der Waals surface area contributed by atoms with Crippen molar-refractivity contribution in [3.63, 3.8) is 0 Å². The summed E-state index contributed by atoms with van der Waals surface area (Å²) < 4.78 is 0. The maximum atomic E-state index is 10.4. The number of halogens is 1. The van der Waals surface area contributed by atoms with Gasteiger partial charge in [-0.1, -0.05) is 41.6 Å². The molecule has 4 nitrogen and oxygen atoms in total. The van der Waals surface area contributed by atoms with Crippen molar-refractivity contribution in [1.29, 1.82) is 0 Å². The molecule has 0 aliphatic rings. The largest absolute Gasteiger partial charge is 1.00 e. The molecule has 0 saturated heterocycles. The van der Waals surface area contributed by atoms with Crippen LogP contribution in [-0.2, 0) is 9.59 Å². The first-order valence-electron chi connectivity index (χ1n) is 5.12. The van der Waals surface area contributed by atoms with Crippen LogP contribution >= 0.6 is 15.9 Å². The molecule has 0 aromatic heterocycles. The van der Waals surface area contributed by atoms with Gasteiger partial charge in [-0.15, -0.1) is 0 Å². The Labute approximate surface area is 148 Å². The van der Waals surface area contributed by atoms with Gasteiger partial charge in [0.05, 0.1) is 0 Å². The first-order valence-corrected chi connectivity index (χ1v) is 6.04. The average Bonchev–Trinajstić information content (AvgIpc) is 2.15. The van der Waals surface area contributed by atoms with Crippen molar-refractivity contribution in [2.24, 2.45) is 0 Å². The standard InChI is InChI=1S/C10H17BrO4.K.H/c11-8(10(14)15)6-4-2-1-3-5-7-9(12)13;;/h8H,1-7H2,(H,12,13)(H,14,15);;/q;+1;-1. The van der Waals surface area contributed by atoms with E-state index in [1.807, 2.05) is 0 Å². The third-order valence-corrected chi connectivity index (χ3v) is 2.97. The van der Waals surface area contributed by atoms with Gasteiger partial charge in [-0.05, 0) is 12.8 Å². The van der Waals surface area contributed by atoms with Crippen molar-refractivity contribution >= 4 is 27.9 Å². The maximum Gasteiger partial charge on any atom is 1.00 e. The Morgan fingerprint density at radius 3 is 2.06 bits per heavy atom. The van der Waals surface area contributed by atoms with Crippen molar-refractivity contribution in [3.8, 4) is 0 Å². The number of carboxylic acids is 2. The summed E-state index contributed by atoms with van der Waals surface area (Å²) in [6.45, 7) is 0. The third-order valence-electron chi connectivity index (χ3n) is 2.12. The first kappa shape index (κ1) is 19.4. The molecule has 0 amide bonds. The zero-order valence-electron chi connectivity index (χ0n) is 10.6. The number of alkyl halides is 1. The van der Waals surface area contributed by atoms with Gasteiger partial charge in [0.2, 0.25) is 0 Å². The molecule has 16 heavy (non-hydrogen) atoms. The molecule has 0 radical (unpaired) electrons. The molecule has 0 bridgehead atoms. The van der Waals surface area contributed by atoms with Crippen LogP contribution in [0.1, 0.15) is 46.4 Å². The molecule has 0 aliphatic carbocycles. The third kappa shape index (κ3) is 13.1. The smallest absolute Gasteiger partial charge is 1.00 e. The second kappa shape index (κ2) is 12.5. The molecule has 1 unspecified atom stereocenters. The van der Waals surface area contributed by atoms with E-state index in [0.717, 1.165) is 25.7 Å². The van der Waals surface area contributed by atoms with Gasteiger partial charge in [0.15, 0.2) is 0 Å². The van der Waals surface area contributed by atoms with E-state index in [9.17, 15) is 9.59 Å². The molecule has 1 atom stereocenters. The van der Waals surface area contributed by atoms with Crippen LogP contribution in [0.3, 0.4) is 0 Å². The molecule has 0 aromatic carbocycles. The number of hydrogen-bond acceptors (Lipinski definition) is 2. The van der Waals surface area contributed by atoms with Gasteiger partial charge >= 0.3 is 63.3 Å². The molecule has 0 heterocycles. The predicted molar refractivity (Wildman–Crippen MR) is 61.4 cm³/mol. The van der Waals surface area contributed by atoms with E-state index in [-0.39, 0.29) is 59.2 Å². The quantitative estimate of drug-likeness (QED) is 0.349. The predicted octanol–water partition coefficient (Wildman–Crippen LogP) is -0.234. The fourth-order valence-corrected chi connectivity index (χ4v) is 1.58. The molecule has 0 spiro atoms. The molecule has 0 rings (SSSR count). The van der Waals surface area contributed by atoms with Gasteiger partial charge in [-0.3, -0.25) is 9.59 Å². The number of aliphatic carboxylic acids is 2. The summed E-state index contributed by atoms with van der Waals surface area (Å²) in [7, 11) is 0. The summed E-state index contributed by atoms with van der Waals surface area (Å²) in [6, 6.07) is 0. The van der Waals surface area contributed by atoms with Crippen LogP contribution in [0.25, 0.3) is 0 Å². The average molecular weight is 321 g/mol. The minimum absolute atomic E-state index is 0. The van der Waals surface area contributed by atoms with Gasteiger partial charge in [-0.25, -0.2) is 0 Å². The van der Waals surface area contributed by atoms with Crippen LogP contribution in [0.15, 0.2) is 0 Å². The molecule has 0 saturated carbocycles. The summed E-state index contributed by atoms with van der Waals surface area (Å²) in [5, 5.41) is 17.0. The summed E-state index contributed by atoms with van der Waals surface area (Å²) in [4.78, 5) is 20.2. The van der Waals surface area contributed by atoms with E-state index in [2.05, 4.69) is 15.9 Å². The number of unbranched alkanes of at least 4 members (excludes halogenated alkanes) is 4. The van der Waals surface area contributed by atoms with E-state index in [0.29, 0.717) is 12.8 Å². The Bertz CT molecular complexity index is 216. The molecule has 90 valence electrons. The fraction of sp³-hybridized carbons (Fsp3) is 0.800. The topological polar surface area (TPSA) is 74.6 Å². The minimum Gasteiger partial charge on any atom is -1.00 e. The Morgan fingerprint density at radius 1 is 1.06 bits per heavy atom. The summed E-state index contributed by atoms with van der Waals surface area (Å²) in [6.07, 6.45) is 5.31. The second-order valence-corrected chi connectivity index (χ2v) is 4.61. The second-order valence-electron chi connectivity index (χ2n) is 3.51. The van der Waals surface area contributed by atoms with E-state index in [1.54, 1.807) is 0 Å². The van der Waals surface area contributed by atoms with E-state index >= 15 is 0 Å². The summed E-state index contributed by atoms with van der Waals surface area (Å²) in [5.74, 6) is -1.57. The van der Waals surface area contributed by atoms with Crippen LogP contribution in [0, 0.1) is 0 Å². The van der Waals surface area contributed by atoms with Gasteiger partial charge in [0.25, 0.3) is 0 Å². The van der Waals surface area contributed by atoms with Gasteiger partial charge in [0.1, 0.15) is 4.83 Å². The van der Waals surface area contributed by atoms with Gasteiger partial charge in [0, 0.05) is 6.42 Å². The molecule has 0 fully saturated rings. The van der Waals surface area contributed by atoms with Crippen molar-refractivity contribution in [3.05, 3.63) is 0 Å². The molecule has 0 aromatic rings. The van der Waals surface area contributed by atoms with E-state index in [4.69, 9.17) is 10.2 Å². The van der Waals surface area contributed by atoms with Crippen LogP contribution in [0.4, 0.5) is 0 Å². The molecule has 0 aliphatic heterocycles. The van der Waals surface area contributed by atoms with E-state index < -0.39 is 16.8 Å². The maximum absolute atomic E-state index is 10.4. The van der Waals surface area contributed by atoms with Crippen LogP contribution in [-0.4, -0.2) is 27.0 Å². The fourth-order valence-electron chi connectivity index (χ4n) is 1.25. The first-order chi connectivity index (χ1) is 7.04. The summed E-state index contributed by atoms with van der Waals surface area (Å²) in [5.41, 5.74) is 0. The van der Waals surface area contributed by atoms with Gasteiger partial charge < -0.3 is 11.6 Å². The molecular weight excluding hydrogens is 303 g/mol. The molecule has 6 heteroatoms. The molecular formula is C10H18BrKO4. The van der Waals surface area contributed by atoms with Crippen molar-refractivity contribution in [2.75, 3.05) is 0 Å². The Hall–Kier alpha value is 1.06. The van der Waals surface area contributed by atoms with Crippen molar-refractivity contribution in [2.45, 2.75) is 49.8 Å². The number of rotatable bonds is 9. The molecule has 2 N–H and O–H groups in total.